The highest BCUT2D eigenvalue weighted by Crippen LogP contribution is 2.41. The maximum atomic E-state index is 11.7. The summed E-state index contributed by atoms with van der Waals surface area (Å²) in [5, 5.41) is 2.80. The topological polar surface area (TPSA) is 73.9 Å². The second kappa shape index (κ2) is 6.89. The smallest absolute Gasteiger partial charge is 0.450 e. The van der Waals surface area contributed by atoms with E-state index in [0.29, 0.717) is 12.4 Å². The van der Waals surface area contributed by atoms with E-state index in [2.05, 4.69) is 5.32 Å². The summed E-state index contributed by atoms with van der Waals surface area (Å²) in [5.74, 6) is 0.639. The Balaban J connectivity index is 1.91. The minimum absolute atomic E-state index is 0.0610. The standard InChI is InChI=1S/C17H23NO5/c1-5-21-15(19)18-14-10-13(14)11-7-6-8-12(9-11)22-16(20)23-17(2,3)4/h6-9,13-14H,5,10H2,1-4H3,(H,18,19)/t13-,14+/m0/s1. The largest absolute Gasteiger partial charge is 0.514 e. The first kappa shape index (κ1) is 17.1. The van der Waals surface area contributed by atoms with Crippen molar-refractivity contribution in [2.45, 2.75) is 51.7 Å². The lowest BCUT2D eigenvalue weighted by Crippen LogP contribution is -2.27. The van der Waals surface area contributed by atoms with Gasteiger partial charge in [0.05, 0.1) is 6.61 Å². The molecule has 2 rings (SSSR count). The SMILES string of the molecule is CCOC(=O)N[C@@H]1C[C@H]1c1cccc(OC(=O)OC(C)(C)C)c1. The van der Waals surface area contributed by atoms with Gasteiger partial charge in [0.25, 0.3) is 0 Å². The van der Waals surface area contributed by atoms with Crippen LogP contribution in [-0.2, 0) is 9.47 Å². The first-order chi connectivity index (χ1) is 10.8. The van der Waals surface area contributed by atoms with Crippen LogP contribution in [0.15, 0.2) is 24.3 Å². The Morgan fingerprint density at radius 3 is 2.70 bits per heavy atom. The minimum Gasteiger partial charge on any atom is -0.450 e. The molecule has 1 aliphatic rings. The van der Waals surface area contributed by atoms with Crippen LogP contribution in [0, 0.1) is 0 Å². The highest BCUT2D eigenvalue weighted by Gasteiger charge is 2.40. The summed E-state index contributed by atoms with van der Waals surface area (Å²) in [5.41, 5.74) is 0.410. The lowest BCUT2D eigenvalue weighted by molar-refractivity contribution is 0.0206. The molecule has 6 nitrogen and oxygen atoms in total. The third kappa shape index (κ3) is 5.47. The molecule has 23 heavy (non-hydrogen) atoms. The summed E-state index contributed by atoms with van der Waals surface area (Å²) >= 11 is 0. The van der Waals surface area contributed by atoms with Crippen molar-refractivity contribution in [3.05, 3.63) is 29.8 Å². The van der Waals surface area contributed by atoms with Crippen LogP contribution in [-0.4, -0.2) is 30.5 Å². The average Bonchev–Trinajstić information content (AvgIpc) is 3.16. The van der Waals surface area contributed by atoms with Crippen molar-refractivity contribution in [3.63, 3.8) is 0 Å². The monoisotopic (exact) mass is 321 g/mol. The molecule has 0 saturated heterocycles. The van der Waals surface area contributed by atoms with Crippen LogP contribution in [0.25, 0.3) is 0 Å². The van der Waals surface area contributed by atoms with E-state index in [4.69, 9.17) is 14.2 Å². The molecule has 0 aliphatic heterocycles. The van der Waals surface area contributed by atoms with E-state index in [1.807, 2.05) is 12.1 Å². The van der Waals surface area contributed by atoms with Crippen molar-refractivity contribution in [2.75, 3.05) is 6.61 Å². The fourth-order valence-corrected chi connectivity index (χ4v) is 2.22. The van der Waals surface area contributed by atoms with E-state index < -0.39 is 17.8 Å². The molecule has 0 aromatic heterocycles. The number of hydrogen-bond acceptors (Lipinski definition) is 5. The Hall–Kier alpha value is -2.24. The van der Waals surface area contributed by atoms with Crippen molar-refractivity contribution in [3.8, 4) is 5.75 Å². The predicted octanol–water partition coefficient (Wildman–Crippen LogP) is 3.60. The van der Waals surface area contributed by atoms with Gasteiger partial charge in [-0.25, -0.2) is 9.59 Å². The molecule has 2 atom stereocenters. The van der Waals surface area contributed by atoms with Gasteiger partial charge in [-0.3, -0.25) is 0 Å². The summed E-state index contributed by atoms with van der Waals surface area (Å²) < 4.78 is 15.2. The zero-order chi connectivity index (χ0) is 17.0. The Kier molecular flexibility index (Phi) is 5.13. The fraction of sp³-hybridized carbons (Fsp3) is 0.529. The quantitative estimate of drug-likeness (QED) is 0.677. The normalized spacial score (nSPS) is 19.7. The van der Waals surface area contributed by atoms with E-state index in [9.17, 15) is 9.59 Å². The van der Waals surface area contributed by atoms with Crippen molar-refractivity contribution < 1.29 is 23.8 Å². The third-order valence-electron chi connectivity index (χ3n) is 3.25. The number of ether oxygens (including phenoxy) is 3. The van der Waals surface area contributed by atoms with Gasteiger partial charge in [-0.05, 0) is 51.8 Å². The molecular formula is C17H23NO5. The van der Waals surface area contributed by atoms with Gasteiger partial charge in [-0.1, -0.05) is 12.1 Å². The Labute approximate surface area is 136 Å². The summed E-state index contributed by atoms with van der Waals surface area (Å²) in [6, 6.07) is 7.31. The van der Waals surface area contributed by atoms with Gasteiger partial charge < -0.3 is 19.5 Å². The Morgan fingerprint density at radius 2 is 2.04 bits per heavy atom. The average molecular weight is 321 g/mol. The molecule has 1 N–H and O–H groups in total. The molecule has 0 radical (unpaired) electrons. The zero-order valence-electron chi connectivity index (χ0n) is 13.9. The highest BCUT2D eigenvalue weighted by atomic mass is 16.7. The van der Waals surface area contributed by atoms with E-state index in [1.54, 1.807) is 39.8 Å². The third-order valence-corrected chi connectivity index (χ3v) is 3.25. The van der Waals surface area contributed by atoms with E-state index in [-0.39, 0.29) is 12.0 Å². The van der Waals surface area contributed by atoms with Gasteiger partial charge >= 0.3 is 12.2 Å². The minimum atomic E-state index is -0.730. The van der Waals surface area contributed by atoms with Gasteiger partial charge in [0.15, 0.2) is 0 Å². The van der Waals surface area contributed by atoms with Gasteiger partial charge in [-0.15, -0.1) is 0 Å². The Morgan fingerprint density at radius 1 is 1.30 bits per heavy atom. The van der Waals surface area contributed by atoms with Crippen molar-refractivity contribution >= 4 is 12.2 Å². The number of alkyl carbamates (subject to hydrolysis) is 1. The van der Waals surface area contributed by atoms with Crippen LogP contribution in [0.3, 0.4) is 0 Å². The molecule has 6 heteroatoms. The van der Waals surface area contributed by atoms with E-state index in [0.717, 1.165) is 12.0 Å². The van der Waals surface area contributed by atoms with Gasteiger partial charge in [0, 0.05) is 12.0 Å². The Bertz CT molecular complexity index is 579. The first-order valence-electron chi connectivity index (χ1n) is 7.72. The molecule has 0 heterocycles. The lowest BCUT2D eigenvalue weighted by Gasteiger charge is -2.18. The molecule has 1 fully saturated rings. The van der Waals surface area contributed by atoms with Gasteiger partial charge in [-0.2, -0.15) is 0 Å². The molecule has 126 valence electrons. The number of carbonyl (C=O) groups is 2. The second-order valence-electron chi connectivity index (χ2n) is 6.45. The van der Waals surface area contributed by atoms with Crippen molar-refractivity contribution in [2.24, 2.45) is 0 Å². The second-order valence-corrected chi connectivity index (χ2v) is 6.45. The molecule has 1 amide bonds. The molecule has 1 aromatic rings. The van der Waals surface area contributed by atoms with Crippen LogP contribution in [0.2, 0.25) is 0 Å². The molecular weight excluding hydrogens is 298 g/mol. The number of amides is 1. The van der Waals surface area contributed by atoms with Crippen LogP contribution >= 0.6 is 0 Å². The van der Waals surface area contributed by atoms with E-state index in [1.165, 1.54) is 0 Å². The number of carbonyl (C=O) groups excluding carboxylic acids is 2. The summed E-state index contributed by atoms with van der Waals surface area (Å²) in [7, 11) is 0. The maximum absolute atomic E-state index is 11.7. The van der Waals surface area contributed by atoms with E-state index >= 15 is 0 Å². The number of nitrogens with one attached hydrogen (secondary N) is 1. The predicted molar refractivity (Wildman–Crippen MR) is 84.6 cm³/mol. The van der Waals surface area contributed by atoms with Crippen molar-refractivity contribution in [1.82, 2.24) is 5.32 Å². The van der Waals surface area contributed by atoms with Gasteiger partial charge in [0.1, 0.15) is 11.4 Å². The molecule has 0 unspecified atom stereocenters. The fourth-order valence-electron chi connectivity index (χ4n) is 2.22. The van der Waals surface area contributed by atoms with Crippen molar-refractivity contribution in [1.29, 1.82) is 0 Å². The number of rotatable bonds is 4. The summed E-state index contributed by atoms with van der Waals surface area (Å²) in [4.78, 5) is 23.1. The number of hydrogen-bond donors (Lipinski definition) is 1. The highest BCUT2D eigenvalue weighted by molar-refractivity contribution is 5.68. The van der Waals surface area contributed by atoms with Crippen LogP contribution in [0.1, 0.15) is 45.6 Å². The molecule has 1 saturated carbocycles. The molecule has 0 spiro atoms. The first-order valence-corrected chi connectivity index (χ1v) is 7.72. The lowest BCUT2D eigenvalue weighted by atomic mass is 10.1. The molecule has 0 bridgehead atoms. The van der Waals surface area contributed by atoms with Crippen LogP contribution in [0.5, 0.6) is 5.75 Å². The maximum Gasteiger partial charge on any atom is 0.514 e. The van der Waals surface area contributed by atoms with Crippen LogP contribution < -0.4 is 10.1 Å². The molecule has 1 aromatic carbocycles. The van der Waals surface area contributed by atoms with Crippen LogP contribution in [0.4, 0.5) is 9.59 Å². The molecule has 1 aliphatic carbocycles. The summed E-state index contributed by atoms with van der Waals surface area (Å²) in [6.45, 7) is 7.45. The number of benzene rings is 1. The van der Waals surface area contributed by atoms with Gasteiger partial charge in [0.2, 0.25) is 0 Å². The zero-order valence-corrected chi connectivity index (χ0v) is 13.9. The summed E-state index contributed by atoms with van der Waals surface area (Å²) in [6.07, 6.45) is -0.290.